The van der Waals surface area contributed by atoms with Gasteiger partial charge in [0.2, 0.25) is 0 Å². The zero-order valence-corrected chi connectivity index (χ0v) is 12.7. The van der Waals surface area contributed by atoms with Gasteiger partial charge in [0.25, 0.3) is 0 Å². The van der Waals surface area contributed by atoms with Crippen LogP contribution in [0.25, 0.3) is 0 Å². The Morgan fingerprint density at radius 1 is 1.10 bits per heavy atom. The van der Waals surface area contributed by atoms with Crippen molar-refractivity contribution in [3.05, 3.63) is 70.0 Å². The molecule has 0 aliphatic heterocycles. The summed E-state index contributed by atoms with van der Waals surface area (Å²) in [7, 11) is 0. The number of halogens is 1. The zero-order chi connectivity index (χ0) is 15.0. The van der Waals surface area contributed by atoms with Crippen LogP contribution in [0.1, 0.15) is 41.2 Å². The standard InChI is InChI=1S/C19H22FN/c1-13-6-9-17(11-18(13)20)19(2,21)12-14-7-8-15-4-3-5-16(15)10-14/h6-11H,3-5,12,21H2,1-2H3. The molecule has 0 saturated heterocycles. The van der Waals surface area contributed by atoms with Crippen LogP contribution in [0.3, 0.4) is 0 Å². The molecule has 0 spiro atoms. The molecule has 3 rings (SSSR count). The van der Waals surface area contributed by atoms with E-state index in [1.54, 1.807) is 19.1 Å². The molecule has 1 unspecified atom stereocenters. The maximum Gasteiger partial charge on any atom is 0.126 e. The van der Waals surface area contributed by atoms with Crippen molar-refractivity contribution in [2.75, 3.05) is 0 Å². The number of hydrogen-bond donors (Lipinski definition) is 1. The van der Waals surface area contributed by atoms with Crippen LogP contribution in [0.2, 0.25) is 0 Å². The second kappa shape index (κ2) is 5.27. The van der Waals surface area contributed by atoms with Crippen LogP contribution in [-0.4, -0.2) is 0 Å². The monoisotopic (exact) mass is 283 g/mol. The van der Waals surface area contributed by atoms with E-state index in [2.05, 4.69) is 18.2 Å². The van der Waals surface area contributed by atoms with E-state index >= 15 is 0 Å². The van der Waals surface area contributed by atoms with E-state index in [1.807, 2.05) is 13.0 Å². The van der Waals surface area contributed by atoms with Crippen molar-refractivity contribution in [3.63, 3.8) is 0 Å². The molecule has 0 heterocycles. The van der Waals surface area contributed by atoms with Gasteiger partial charge in [-0.3, -0.25) is 0 Å². The van der Waals surface area contributed by atoms with Gasteiger partial charge < -0.3 is 5.73 Å². The highest BCUT2D eigenvalue weighted by atomic mass is 19.1. The summed E-state index contributed by atoms with van der Waals surface area (Å²) in [5.74, 6) is -0.182. The first-order valence-corrected chi connectivity index (χ1v) is 7.62. The minimum atomic E-state index is -0.554. The number of benzene rings is 2. The maximum absolute atomic E-state index is 13.8. The Kier molecular flexibility index (Phi) is 3.58. The Bertz CT molecular complexity index is 673. The fourth-order valence-electron chi connectivity index (χ4n) is 3.21. The third-order valence-electron chi connectivity index (χ3n) is 4.57. The maximum atomic E-state index is 13.8. The first-order valence-electron chi connectivity index (χ1n) is 7.62. The molecule has 2 heteroatoms. The van der Waals surface area contributed by atoms with Gasteiger partial charge in [-0.25, -0.2) is 4.39 Å². The van der Waals surface area contributed by atoms with Crippen LogP contribution in [-0.2, 0) is 24.8 Å². The molecule has 0 amide bonds. The third-order valence-corrected chi connectivity index (χ3v) is 4.57. The second-order valence-electron chi connectivity index (χ2n) is 6.51. The highest BCUT2D eigenvalue weighted by Gasteiger charge is 2.23. The lowest BCUT2D eigenvalue weighted by molar-refractivity contribution is 0.485. The summed E-state index contributed by atoms with van der Waals surface area (Å²) in [6.07, 6.45) is 4.34. The van der Waals surface area contributed by atoms with Gasteiger partial charge in [0.15, 0.2) is 0 Å². The van der Waals surface area contributed by atoms with Crippen LogP contribution < -0.4 is 5.73 Å². The SMILES string of the molecule is Cc1ccc(C(C)(N)Cc2ccc3c(c2)CCC3)cc1F. The minimum Gasteiger partial charge on any atom is -0.321 e. The van der Waals surface area contributed by atoms with Gasteiger partial charge in [-0.15, -0.1) is 0 Å². The summed E-state index contributed by atoms with van der Waals surface area (Å²) >= 11 is 0. The second-order valence-corrected chi connectivity index (χ2v) is 6.51. The molecule has 0 radical (unpaired) electrons. The van der Waals surface area contributed by atoms with Gasteiger partial charge in [0.05, 0.1) is 0 Å². The lowest BCUT2D eigenvalue weighted by atomic mass is 9.85. The molecule has 0 aromatic heterocycles. The Morgan fingerprint density at radius 3 is 2.62 bits per heavy atom. The average Bonchev–Trinajstić information content (AvgIpc) is 2.88. The van der Waals surface area contributed by atoms with Gasteiger partial charge in [-0.2, -0.15) is 0 Å². The van der Waals surface area contributed by atoms with Crippen LogP contribution >= 0.6 is 0 Å². The highest BCUT2D eigenvalue weighted by molar-refractivity contribution is 5.37. The molecule has 0 bridgehead atoms. The normalized spacial score (nSPS) is 16.6. The topological polar surface area (TPSA) is 26.0 Å². The summed E-state index contributed by atoms with van der Waals surface area (Å²) in [5, 5.41) is 0. The van der Waals surface area contributed by atoms with Crippen molar-refractivity contribution in [1.29, 1.82) is 0 Å². The fourth-order valence-corrected chi connectivity index (χ4v) is 3.21. The Balaban J connectivity index is 1.86. The zero-order valence-electron chi connectivity index (χ0n) is 12.7. The number of rotatable bonds is 3. The molecule has 0 fully saturated rings. The molecule has 1 aliphatic rings. The molecular weight excluding hydrogens is 261 g/mol. The summed E-state index contributed by atoms with van der Waals surface area (Å²) in [6, 6.07) is 12.0. The number of nitrogens with two attached hydrogens (primary N) is 1. The minimum absolute atomic E-state index is 0.182. The van der Waals surface area contributed by atoms with Gasteiger partial charge in [-0.1, -0.05) is 30.3 Å². The Labute approximate surface area is 126 Å². The summed E-state index contributed by atoms with van der Waals surface area (Å²) in [6.45, 7) is 3.75. The third kappa shape index (κ3) is 2.86. The Morgan fingerprint density at radius 2 is 1.86 bits per heavy atom. The summed E-state index contributed by atoms with van der Waals surface area (Å²) in [4.78, 5) is 0. The molecule has 2 N–H and O–H groups in total. The van der Waals surface area contributed by atoms with E-state index in [0.29, 0.717) is 5.56 Å². The van der Waals surface area contributed by atoms with Crippen LogP contribution in [0.15, 0.2) is 36.4 Å². The molecular formula is C19H22FN. The lowest BCUT2D eigenvalue weighted by Crippen LogP contribution is -2.35. The molecule has 2 aromatic rings. The molecule has 1 aliphatic carbocycles. The molecule has 1 atom stereocenters. The number of hydrogen-bond acceptors (Lipinski definition) is 1. The first kappa shape index (κ1) is 14.3. The van der Waals surface area contributed by atoms with Gasteiger partial charge in [0.1, 0.15) is 5.82 Å². The predicted octanol–water partition coefficient (Wildman–Crippen LogP) is 4.04. The van der Waals surface area contributed by atoms with Crippen LogP contribution in [0.4, 0.5) is 4.39 Å². The summed E-state index contributed by atoms with van der Waals surface area (Å²) in [5.41, 5.74) is 11.6. The van der Waals surface area contributed by atoms with Crippen LogP contribution in [0, 0.1) is 12.7 Å². The van der Waals surface area contributed by atoms with Crippen molar-refractivity contribution in [2.24, 2.45) is 5.73 Å². The fraction of sp³-hybridized carbons (Fsp3) is 0.368. The summed E-state index contributed by atoms with van der Waals surface area (Å²) < 4.78 is 13.8. The van der Waals surface area contributed by atoms with Gasteiger partial charge in [0, 0.05) is 5.54 Å². The van der Waals surface area contributed by atoms with Crippen molar-refractivity contribution >= 4 is 0 Å². The largest absolute Gasteiger partial charge is 0.321 e. The van der Waals surface area contributed by atoms with Crippen molar-refractivity contribution in [2.45, 2.75) is 45.1 Å². The van der Waals surface area contributed by atoms with Crippen molar-refractivity contribution in [1.82, 2.24) is 0 Å². The van der Waals surface area contributed by atoms with Gasteiger partial charge >= 0.3 is 0 Å². The van der Waals surface area contributed by atoms with E-state index in [9.17, 15) is 4.39 Å². The smallest absolute Gasteiger partial charge is 0.126 e. The van der Waals surface area contributed by atoms with E-state index in [0.717, 1.165) is 12.0 Å². The molecule has 1 nitrogen and oxygen atoms in total. The van der Waals surface area contributed by atoms with Gasteiger partial charge in [-0.05, 0) is 73.4 Å². The van der Waals surface area contributed by atoms with Crippen molar-refractivity contribution < 1.29 is 4.39 Å². The molecule has 110 valence electrons. The first-order chi connectivity index (χ1) is 9.95. The van der Waals surface area contributed by atoms with E-state index in [-0.39, 0.29) is 5.82 Å². The molecule has 2 aromatic carbocycles. The predicted molar refractivity (Wildman–Crippen MR) is 84.8 cm³/mol. The number of aryl methyl sites for hydroxylation is 3. The number of fused-ring (bicyclic) bond motifs is 1. The van der Waals surface area contributed by atoms with E-state index < -0.39 is 5.54 Å². The average molecular weight is 283 g/mol. The molecule has 0 saturated carbocycles. The van der Waals surface area contributed by atoms with Crippen molar-refractivity contribution in [3.8, 4) is 0 Å². The van der Waals surface area contributed by atoms with Crippen LogP contribution in [0.5, 0.6) is 0 Å². The van der Waals surface area contributed by atoms with E-state index in [4.69, 9.17) is 5.73 Å². The highest BCUT2D eigenvalue weighted by Crippen LogP contribution is 2.28. The van der Waals surface area contributed by atoms with E-state index in [1.165, 1.54) is 36.0 Å². The quantitative estimate of drug-likeness (QED) is 0.904. The lowest BCUT2D eigenvalue weighted by Gasteiger charge is -2.26. The Hall–Kier alpha value is -1.67. The molecule has 21 heavy (non-hydrogen) atoms.